The van der Waals surface area contributed by atoms with Gasteiger partial charge in [0.1, 0.15) is 28.5 Å². The highest BCUT2D eigenvalue weighted by molar-refractivity contribution is 8.14. The molecule has 3 atom stereocenters. The van der Waals surface area contributed by atoms with Crippen LogP contribution in [0.1, 0.15) is 51.4 Å². The van der Waals surface area contributed by atoms with Crippen molar-refractivity contribution in [2.24, 2.45) is 10.9 Å². The Kier molecular flexibility index (Phi) is 8.75. The lowest BCUT2D eigenvalue weighted by atomic mass is 10.00. The maximum atomic E-state index is 13.2. The number of thioether (sulfide) groups is 1. The Morgan fingerprint density at radius 2 is 2.09 bits per heavy atom. The minimum absolute atomic E-state index is 0.0205. The van der Waals surface area contributed by atoms with Crippen molar-refractivity contribution in [2.75, 3.05) is 11.5 Å². The van der Waals surface area contributed by atoms with Crippen LogP contribution in [-0.2, 0) is 25.5 Å². The number of nitrogens with zero attached hydrogens (tertiary/aromatic N) is 2. The normalized spacial score (nSPS) is 26.9. The lowest BCUT2D eigenvalue weighted by molar-refractivity contribution is -0.153. The first kappa shape index (κ1) is 25.5. The summed E-state index contributed by atoms with van der Waals surface area (Å²) in [5.74, 6) is 0.00134. The van der Waals surface area contributed by atoms with E-state index in [1.54, 1.807) is 13.0 Å². The molecule has 0 aromatic carbocycles. The van der Waals surface area contributed by atoms with Crippen LogP contribution in [0.3, 0.4) is 0 Å². The van der Waals surface area contributed by atoms with Crippen LogP contribution in [0, 0.1) is 5.92 Å². The van der Waals surface area contributed by atoms with Gasteiger partial charge in [-0.25, -0.2) is 4.79 Å². The summed E-state index contributed by atoms with van der Waals surface area (Å²) in [5, 5.41) is 3.53. The quantitative estimate of drug-likeness (QED) is 0.383. The first-order valence-electron chi connectivity index (χ1n) is 11.2. The van der Waals surface area contributed by atoms with Crippen LogP contribution in [0.5, 0.6) is 0 Å². The Hall–Kier alpha value is -2.13. The second kappa shape index (κ2) is 11.3. The molecule has 7 nitrogen and oxygen atoms in total. The smallest absolute Gasteiger partial charge is 0.329 e. The van der Waals surface area contributed by atoms with Crippen LogP contribution in [0.4, 0.5) is 0 Å². The number of aliphatic imine (C=N–C) groups is 1. The second-order valence-electron chi connectivity index (χ2n) is 8.85. The molecular weight excluding hydrogens is 458 g/mol. The van der Waals surface area contributed by atoms with Gasteiger partial charge in [-0.1, -0.05) is 26.0 Å². The lowest BCUT2D eigenvalue weighted by Crippen LogP contribution is -2.53. The molecule has 3 heterocycles. The molecule has 0 saturated carbocycles. The number of cyclic esters (lactones) is 1. The maximum Gasteiger partial charge on any atom is 0.329 e. The summed E-state index contributed by atoms with van der Waals surface area (Å²) in [6, 6.07) is 4.79. The van der Waals surface area contributed by atoms with Crippen molar-refractivity contribution in [3.63, 3.8) is 0 Å². The van der Waals surface area contributed by atoms with E-state index in [1.165, 1.54) is 11.8 Å². The molecule has 1 aromatic rings. The Balaban J connectivity index is 1.95. The van der Waals surface area contributed by atoms with E-state index in [1.807, 2.05) is 38.1 Å². The van der Waals surface area contributed by atoms with Gasteiger partial charge in [0.15, 0.2) is 0 Å². The van der Waals surface area contributed by atoms with Gasteiger partial charge in [-0.3, -0.25) is 19.6 Å². The number of hydrogen-bond donors (Lipinski definition) is 2. The number of aromatic nitrogens is 1. The summed E-state index contributed by atoms with van der Waals surface area (Å²) in [5.41, 5.74) is 0.471. The van der Waals surface area contributed by atoms with E-state index in [9.17, 15) is 14.4 Å². The van der Waals surface area contributed by atoms with Crippen LogP contribution in [0.15, 0.2) is 35.3 Å². The molecular formula is C24H31N3O4S2. The number of ether oxygens (including phenoxy) is 1. The number of fused-ring (bicyclic) bond motifs is 4. The number of aryl methyl sites for hydroxylation is 1. The number of hydrogen-bond acceptors (Lipinski definition) is 8. The molecule has 0 spiro atoms. The molecule has 178 valence electrons. The van der Waals surface area contributed by atoms with E-state index in [0.29, 0.717) is 41.5 Å². The molecule has 33 heavy (non-hydrogen) atoms. The van der Waals surface area contributed by atoms with Gasteiger partial charge in [0, 0.05) is 24.3 Å². The molecule has 1 amide bonds. The number of carbonyl (C=O) groups is 3. The molecule has 0 radical (unpaired) electrons. The van der Waals surface area contributed by atoms with E-state index in [-0.39, 0.29) is 24.0 Å². The Morgan fingerprint density at radius 1 is 1.30 bits per heavy atom. The number of esters is 1. The number of Topliss-reactive ketones (excluding diaryl/α,β-unsaturated/α-hetero) is 1. The predicted octanol–water partition coefficient (Wildman–Crippen LogP) is 3.17. The molecule has 4 bridgehead atoms. The van der Waals surface area contributed by atoms with E-state index >= 15 is 0 Å². The molecule has 0 fully saturated rings. The number of allylic oxidation sites excluding steroid dienone is 1. The number of carbonyl (C=O) groups excluding carboxylic acids is 3. The predicted molar refractivity (Wildman–Crippen MR) is 134 cm³/mol. The minimum Gasteiger partial charge on any atom is -0.456 e. The van der Waals surface area contributed by atoms with Gasteiger partial charge >= 0.3 is 5.97 Å². The van der Waals surface area contributed by atoms with Crippen molar-refractivity contribution in [2.45, 2.75) is 64.1 Å². The van der Waals surface area contributed by atoms with Gasteiger partial charge in [-0.2, -0.15) is 12.6 Å². The average molecular weight is 490 g/mol. The first-order valence-corrected chi connectivity index (χ1v) is 12.8. The fourth-order valence-corrected chi connectivity index (χ4v) is 4.86. The van der Waals surface area contributed by atoms with Gasteiger partial charge in [0.25, 0.3) is 0 Å². The molecule has 2 aliphatic heterocycles. The molecule has 0 aliphatic carbocycles. The third-order valence-corrected chi connectivity index (χ3v) is 7.10. The van der Waals surface area contributed by atoms with Gasteiger partial charge in [0.05, 0.1) is 5.69 Å². The lowest BCUT2D eigenvalue weighted by Gasteiger charge is -2.27. The van der Waals surface area contributed by atoms with Crippen LogP contribution >= 0.6 is 24.4 Å². The van der Waals surface area contributed by atoms with Gasteiger partial charge < -0.3 is 10.1 Å². The van der Waals surface area contributed by atoms with Gasteiger partial charge in [-0.15, -0.1) is 11.8 Å². The molecule has 1 N–H and O–H groups in total. The van der Waals surface area contributed by atoms with Crippen molar-refractivity contribution in [3.05, 3.63) is 41.7 Å². The number of amides is 1. The second-order valence-corrected chi connectivity index (χ2v) is 10.3. The van der Waals surface area contributed by atoms with Crippen molar-refractivity contribution in [1.82, 2.24) is 10.3 Å². The fourth-order valence-electron chi connectivity index (χ4n) is 3.57. The molecule has 9 heteroatoms. The number of ketones is 1. The average Bonchev–Trinajstić information content (AvgIpc) is 3.19. The van der Waals surface area contributed by atoms with Crippen molar-refractivity contribution < 1.29 is 19.1 Å². The molecule has 2 aliphatic rings. The molecule has 1 unspecified atom stereocenters. The van der Waals surface area contributed by atoms with E-state index in [0.717, 1.165) is 5.69 Å². The van der Waals surface area contributed by atoms with E-state index in [4.69, 9.17) is 4.74 Å². The zero-order chi connectivity index (χ0) is 24.0. The standard InChI is InChI=1S/C24H31N3O4S2/c1-15(2)20-22(29)31-18(8-4-5-12-32)13-17(28)11-10-16-7-6-9-19(25-16)21-27-24(3,14-33-21)23(30)26-20/h4,6-9,15,18,20,32H,5,10-14H2,1-3H3,(H,26,30)/b8-4+/t18?,20-,24-/m0/s1. The number of nitrogens with one attached hydrogen (secondary N) is 1. The zero-order valence-electron chi connectivity index (χ0n) is 19.2. The van der Waals surface area contributed by atoms with Crippen molar-refractivity contribution in [3.8, 4) is 0 Å². The van der Waals surface area contributed by atoms with Crippen molar-refractivity contribution in [1.29, 1.82) is 0 Å². The highest BCUT2D eigenvalue weighted by Crippen LogP contribution is 2.31. The summed E-state index contributed by atoms with van der Waals surface area (Å²) in [6.07, 6.45) is 4.45. The van der Waals surface area contributed by atoms with Crippen LogP contribution in [-0.4, -0.2) is 56.9 Å². The minimum atomic E-state index is -1.01. The summed E-state index contributed by atoms with van der Waals surface area (Å²) in [4.78, 5) is 48.2. The SMILES string of the molecule is CC(C)[C@@H]1NC(=O)[C@]2(C)CSC(=N2)c2cccc(n2)CCC(=O)CC(/C=C/CCS)OC1=O. The third kappa shape index (κ3) is 6.69. The van der Waals surface area contributed by atoms with Gasteiger partial charge in [-0.05, 0) is 49.6 Å². The third-order valence-electron chi connectivity index (χ3n) is 5.56. The summed E-state index contributed by atoms with van der Waals surface area (Å²) < 4.78 is 5.70. The largest absolute Gasteiger partial charge is 0.456 e. The summed E-state index contributed by atoms with van der Waals surface area (Å²) in [7, 11) is 0. The maximum absolute atomic E-state index is 13.2. The van der Waals surface area contributed by atoms with E-state index in [2.05, 4.69) is 27.9 Å². The van der Waals surface area contributed by atoms with E-state index < -0.39 is 23.7 Å². The monoisotopic (exact) mass is 489 g/mol. The molecule has 1 aromatic heterocycles. The zero-order valence-corrected chi connectivity index (χ0v) is 21.0. The topological polar surface area (TPSA) is 97.7 Å². The summed E-state index contributed by atoms with van der Waals surface area (Å²) >= 11 is 5.66. The molecule has 0 saturated heterocycles. The Labute approximate surface area is 204 Å². The Bertz CT molecular complexity index is 963. The molecule has 3 rings (SSSR count). The highest BCUT2D eigenvalue weighted by atomic mass is 32.2. The number of thiol groups is 1. The van der Waals surface area contributed by atoms with Crippen LogP contribution in [0.2, 0.25) is 0 Å². The summed E-state index contributed by atoms with van der Waals surface area (Å²) in [6.45, 7) is 5.45. The Morgan fingerprint density at radius 3 is 2.82 bits per heavy atom. The first-order chi connectivity index (χ1) is 15.7. The number of pyridine rings is 1. The van der Waals surface area contributed by atoms with Crippen LogP contribution in [0.25, 0.3) is 0 Å². The van der Waals surface area contributed by atoms with Gasteiger partial charge in [0.2, 0.25) is 5.91 Å². The fraction of sp³-hybridized carbons (Fsp3) is 0.542. The van der Waals surface area contributed by atoms with Crippen molar-refractivity contribution >= 4 is 47.1 Å². The number of rotatable bonds is 4. The highest BCUT2D eigenvalue weighted by Gasteiger charge is 2.41. The van der Waals surface area contributed by atoms with Crippen LogP contribution < -0.4 is 5.32 Å².